The van der Waals surface area contributed by atoms with Crippen molar-refractivity contribution in [3.8, 4) is 17.0 Å². The van der Waals surface area contributed by atoms with Gasteiger partial charge in [0.1, 0.15) is 11.2 Å². The minimum absolute atomic E-state index is 0.0273. The van der Waals surface area contributed by atoms with E-state index in [-0.39, 0.29) is 18.6 Å². The van der Waals surface area contributed by atoms with Crippen LogP contribution in [0.5, 0.6) is 5.88 Å². The molecule has 2 heterocycles. The van der Waals surface area contributed by atoms with E-state index < -0.39 is 0 Å². The fourth-order valence-corrected chi connectivity index (χ4v) is 6.25. The number of rotatable bonds is 6. The van der Waals surface area contributed by atoms with Gasteiger partial charge in [-0.05, 0) is 56.4 Å². The predicted molar refractivity (Wildman–Crippen MR) is 120 cm³/mol. The Hall–Kier alpha value is -2.47. The predicted octanol–water partition coefficient (Wildman–Crippen LogP) is 4.99. The van der Waals surface area contributed by atoms with E-state index in [1.165, 1.54) is 37.6 Å². The molecule has 2 fully saturated rings. The average molecular weight is 422 g/mol. The first-order chi connectivity index (χ1) is 14.6. The molecule has 0 aliphatic heterocycles. The molecule has 2 bridgehead atoms. The lowest BCUT2D eigenvalue weighted by Crippen LogP contribution is -2.42. The lowest BCUT2D eigenvalue weighted by Gasteiger charge is -2.28. The first-order valence-corrected chi connectivity index (χ1v) is 11.7. The van der Waals surface area contributed by atoms with Gasteiger partial charge in [-0.2, -0.15) is 0 Å². The molecule has 2 saturated carbocycles. The molecule has 0 unspecified atom stereocenters. The number of hydrogen-bond acceptors (Lipinski definition) is 5. The van der Waals surface area contributed by atoms with Gasteiger partial charge in [0.25, 0.3) is 5.91 Å². The second-order valence-electron chi connectivity index (χ2n) is 8.86. The van der Waals surface area contributed by atoms with Crippen molar-refractivity contribution in [1.82, 2.24) is 15.3 Å². The lowest BCUT2D eigenvalue weighted by atomic mass is 9.84. The highest BCUT2D eigenvalue weighted by atomic mass is 32.1. The van der Waals surface area contributed by atoms with Crippen molar-refractivity contribution in [2.45, 2.75) is 45.6 Å². The van der Waals surface area contributed by atoms with Gasteiger partial charge in [0.05, 0.1) is 5.39 Å². The SMILES string of the molecule is Cc1ccc(-c2csc3ncnc(OCC(=O)N[C@H](C)[C@@H]4C[C@@H]5CC[C@@H]4C5)c23)cc1. The van der Waals surface area contributed by atoms with E-state index in [4.69, 9.17) is 4.74 Å². The Labute approximate surface area is 180 Å². The zero-order chi connectivity index (χ0) is 20.7. The molecule has 6 heteroatoms. The normalized spacial score (nSPS) is 23.6. The third-order valence-corrected chi connectivity index (χ3v) is 7.75. The molecule has 5 nitrogen and oxygen atoms in total. The maximum absolute atomic E-state index is 12.6. The molecule has 1 aromatic carbocycles. The highest BCUT2D eigenvalue weighted by Crippen LogP contribution is 2.49. The third kappa shape index (κ3) is 3.69. The Balaban J connectivity index is 1.29. The summed E-state index contributed by atoms with van der Waals surface area (Å²) in [6.07, 6.45) is 6.81. The number of fused-ring (bicyclic) bond motifs is 3. The largest absolute Gasteiger partial charge is 0.467 e. The van der Waals surface area contributed by atoms with Crippen molar-refractivity contribution in [3.63, 3.8) is 0 Å². The molecule has 0 radical (unpaired) electrons. The topological polar surface area (TPSA) is 64.1 Å². The summed E-state index contributed by atoms with van der Waals surface area (Å²) in [5.74, 6) is 2.67. The van der Waals surface area contributed by atoms with Crippen molar-refractivity contribution >= 4 is 27.5 Å². The van der Waals surface area contributed by atoms with E-state index in [1.54, 1.807) is 11.3 Å². The minimum atomic E-state index is -0.0795. The molecule has 4 atom stereocenters. The van der Waals surface area contributed by atoms with E-state index in [1.807, 2.05) is 0 Å². The Morgan fingerprint density at radius 1 is 1.23 bits per heavy atom. The zero-order valence-electron chi connectivity index (χ0n) is 17.4. The monoisotopic (exact) mass is 421 g/mol. The van der Waals surface area contributed by atoms with Crippen LogP contribution >= 0.6 is 11.3 Å². The number of nitrogens with one attached hydrogen (secondary N) is 1. The molecular weight excluding hydrogens is 394 g/mol. The number of carbonyl (C=O) groups is 1. The van der Waals surface area contributed by atoms with Crippen LogP contribution in [0.25, 0.3) is 21.3 Å². The number of ether oxygens (including phenoxy) is 1. The summed E-state index contributed by atoms with van der Waals surface area (Å²) < 4.78 is 5.89. The second-order valence-corrected chi connectivity index (χ2v) is 9.72. The molecular formula is C24H27N3O2S. The van der Waals surface area contributed by atoms with Gasteiger partial charge in [-0.1, -0.05) is 36.2 Å². The van der Waals surface area contributed by atoms with E-state index in [0.717, 1.165) is 33.2 Å². The van der Waals surface area contributed by atoms with Crippen LogP contribution in [0.4, 0.5) is 0 Å². The maximum Gasteiger partial charge on any atom is 0.258 e. The van der Waals surface area contributed by atoms with Crippen LogP contribution in [0, 0.1) is 24.7 Å². The molecule has 1 N–H and O–H groups in total. The van der Waals surface area contributed by atoms with Gasteiger partial charge in [-0.3, -0.25) is 4.79 Å². The molecule has 0 spiro atoms. The summed E-state index contributed by atoms with van der Waals surface area (Å²) in [5, 5.41) is 6.12. The number of carbonyl (C=O) groups excluding carboxylic acids is 1. The summed E-state index contributed by atoms with van der Waals surface area (Å²) >= 11 is 1.56. The molecule has 1 amide bonds. The Bertz CT molecular complexity index is 1060. The second kappa shape index (κ2) is 7.99. The molecule has 2 aliphatic rings. The van der Waals surface area contributed by atoms with E-state index >= 15 is 0 Å². The van der Waals surface area contributed by atoms with Crippen molar-refractivity contribution in [1.29, 1.82) is 0 Å². The zero-order valence-corrected chi connectivity index (χ0v) is 18.2. The van der Waals surface area contributed by atoms with E-state index in [9.17, 15) is 4.79 Å². The van der Waals surface area contributed by atoms with Gasteiger partial charge >= 0.3 is 0 Å². The number of aryl methyl sites for hydroxylation is 1. The molecule has 30 heavy (non-hydrogen) atoms. The molecule has 2 aliphatic carbocycles. The van der Waals surface area contributed by atoms with Crippen LogP contribution in [0.1, 0.15) is 38.2 Å². The smallest absolute Gasteiger partial charge is 0.258 e. The Morgan fingerprint density at radius 3 is 2.80 bits per heavy atom. The Morgan fingerprint density at radius 2 is 2.07 bits per heavy atom. The highest BCUT2D eigenvalue weighted by molar-refractivity contribution is 7.17. The molecule has 3 aromatic rings. The average Bonchev–Trinajstić information content (AvgIpc) is 3.48. The van der Waals surface area contributed by atoms with Crippen LogP contribution in [0.15, 0.2) is 36.0 Å². The first kappa shape index (κ1) is 19.5. The van der Waals surface area contributed by atoms with Crippen LogP contribution in [-0.2, 0) is 4.79 Å². The fourth-order valence-electron chi connectivity index (χ4n) is 5.35. The van der Waals surface area contributed by atoms with E-state index in [2.05, 4.69) is 58.8 Å². The summed E-state index contributed by atoms with van der Waals surface area (Å²) in [4.78, 5) is 22.2. The van der Waals surface area contributed by atoms with Crippen molar-refractivity contribution < 1.29 is 9.53 Å². The van der Waals surface area contributed by atoms with Gasteiger partial charge in [0, 0.05) is 17.0 Å². The number of nitrogens with zero attached hydrogens (tertiary/aromatic N) is 2. The molecule has 2 aromatic heterocycles. The molecule has 156 valence electrons. The van der Waals surface area contributed by atoms with E-state index in [0.29, 0.717) is 11.8 Å². The summed E-state index contributed by atoms with van der Waals surface area (Å²) in [5.41, 5.74) is 3.36. The standard InChI is InChI=1S/C24H27N3O2S/c1-14-3-6-17(7-4-14)20-12-30-24-22(20)23(25-13-26-24)29-11-21(28)27-15(2)19-10-16-5-8-18(19)9-16/h3-4,6-7,12-13,15-16,18-19H,5,8-11H2,1-2H3,(H,27,28)/t15-,16-,18-,19+/m1/s1. The summed E-state index contributed by atoms with van der Waals surface area (Å²) in [7, 11) is 0. The number of aromatic nitrogens is 2. The summed E-state index contributed by atoms with van der Waals surface area (Å²) in [6.45, 7) is 4.18. The van der Waals surface area contributed by atoms with Crippen molar-refractivity contribution in [2.24, 2.45) is 17.8 Å². The van der Waals surface area contributed by atoms with Gasteiger partial charge < -0.3 is 10.1 Å². The van der Waals surface area contributed by atoms with Crippen molar-refractivity contribution in [3.05, 3.63) is 41.5 Å². The number of amides is 1. The van der Waals surface area contributed by atoms with Gasteiger partial charge in [-0.25, -0.2) is 9.97 Å². The van der Waals surface area contributed by atoms with Gasteiger partial charge in [0.15, 0.2) is 6.61 Å². The lowest BCUT2D eigenvalue weighted by molar-refractivity contribution is -0.124. The quantitative estimate of drug-likeness (QED) is 0.609. The van der Waals surface area contributed by atoms with Crippen LogP contribution in [-0.4, -0.2) is 28.5 Å². The third-order valence-electron chi connectivity index (χ3n) is 6.86. The van der Waals surface area contributed by atoms with Crippen molar-refractivity contribution in [2.75, 3.05) is 6.61 Å². The van der Waals surface area contributed by atoms with Gasteiger partial charge in [-0.15, -0.1) is 11.3 Å². The van der Waals surface area contributed by atoms with Crippen LogP contribution in [0.3, 0.4) is 0 Å². The van der Waals surface area contributed by atoms with Crippen LogP contribution in [0.2, 0.25) is 0 Å². The highest BCUT2D eigenvalue weighted by Gasteiger charge is 2.42. The number of hydrogen-bond donors (Lipinski definition) is 1. The Kier molecular flexibility index (Phi) is 5.19. The summed E-state index contributed by atoms with van der Waals surface area (Å²) in [6, 6.07) is 8.57. The fraction of sp³-hybridized carbons (Fsp3) is 0.458. The first-order valence-electron chi connectivity index (χ1n) is 10.8. The number of thiophene rings is 1. The minimum Gasteiger partial charge on any atom is -0.467 e. The molecule has 5 rings (SSSR count). The maximum atomic E-state index is 12.6. The van der Waals surface area contributed by atoms with Gasteiger partial charge in [0.2, 0.25) is 5.88 Å². The van der Waals surface area contributed by atoms with Crippen LogP contribution < -0.4 is 10.1 Å². The number of benzene rings is 1. The molecule has 0 saturated heterocycles.